The highest BCUT2D eigenvalue weighted by atomic mass is 32.2. The van der Waals surface area contributed by atoms with E-state index in [2.05, 4.69) is 6.92 Å². The van der Waals surface area contributed by atoms with Crippen LogP contribution >= 0.6 is 22.7 Å². The van der Waals surface area contributed by atoms with Gasteiger partial charge in [0.1, 0.15) is 12.4 Å². The standard InChI is InChI=1S/C20H16O2S2/c1-12-7-3-5-9-16(12)22-11-15-13(2)23-20-18(15)19(21)14-8-4-6-10-17(14)24-20/h3-10H,11H2,1-2H3. The Hall–Kier alpha value is -2.17. The third kappa shape index (κ3) is 2.52. The molecule has 4 aromatic rings. The largest absolute Gasteiger partial charge is 0.489 e. The van der Waals surface area contributed by atoms with Gasteiger partial charge in [-0.15, -0.1) is 22.7 Å². The fourth-order valence-electron chi connectivity index (χ4n) is 2.87. The van der Waals surface area contributed by atoms with Crippen LogP contribution in [0.4, 0.5) is 0 Å². The second kappa shape index (κ2) is 6.04. The fourth-order valence-corrected chi connectivity index (χ4v) is 5.50. The average Bonchev–Trinajstić information content (AvgIpc) is 2.90. The van der Waals surface area contributed by atoms with E-state index < -0.39 is 0 Å². The molecule has 0 aliphatic heterocycles. The third-order valence-corrected chi connectivity index (χ3v) is 6.61. The van der Waals surface area contributed by atoms with Gasteiger partial charge < -0.3 is 4.74 Å². The number of ether oxygens (including phenoxy) is 1. The van der Waals surface area contributed by atoms with Crippen molar-refractivity contribution in [3.8, 4) is 5.75 Å². The van der Waals surface area contributed by atoms with E-state index in [-0.39, 0.29) is 5.43 Å². The predicted molar refractivity (Wildman–Crippen MR) is 104 cm³/mol. The molecule has 2 nitrogen and oxygen atoms in total. The van der Waals surface area contributed by atoms with Gasteiger partial charge in [0.2, 0.25) is 0 Å². The lowest BCUT2D eigenvalue weighted by molar-refractivity contribution is 0.305. The van der Waals surface area contributed by atoms with Gasteiger partial charge in [0.05, 0.1) is 9.40 Å². The van der Waals surface area contributed by atoms with Crippen molar-refractivity contribution < 1.29 is 4.74 Å². The number of rotatable bonds is 3. The van der Waals surface area contributed by atoms with Crippen LogP contribution in [0.1, 0.15) is 16.0 Å². The summed E-state index contributed by atoms with van der Waals surface area (Å²) in [7, 11) is 0. The minimum atomic E-state index is 0.118. The van der Waals surface area contributed by atoms with E-state index in [0.29, 0.717) is 6.61 Å². The molecule has 0 N–H and O–H groups in total. The predicted octanol–water partition coefficient (Wildman–Crippen LogP) is 5.67. The Morgan fingerprint density at radius 3 is 2.54 bits per heavy atom. The Balaban J connectivity index is 1.83. The highest BCUT2D eigenvalue weighted by Crippen LogP contribution is 2.35. The first kappa shape index (κ1) is 15.4. The number of aryl methyl sites for hydroxylation is 2. The van der Waals surface area contributed by atoms with Crippen molar-refractivity contribution in [3.05, 3.63) is 74.8 Å². The molecule has 24 heavy (non-hydrogen) atoms. The topological polar surface area (TPSA) is 26.3 Å². The van der Waals surface area contributed by atoms with Gasteiger partial charge in [-0.1, -0.05) is 30.3 Å². The first-order valence-corrected chi connectivity index (χ1v) is 9.40. The zero-order valence-corrected chi connectivity index (χ0v) is 15.1. The van der Waals surface area contributed by atoms with Gasteiger partial charge in [0, 0.05) is 20.5 Å². The molecule has 0 bridgehead atoms. The van der Waals surface area contributed by atoms with Crippen LogP contribution in [0, 0.1) is 13.8 Å². The molecule has 0 aliphatic rings. The summed E-state index contributed by atoms with van der Waals surface area (Å²) in [6, 6.07) is 15.8. The van der Waals surface area contributed by atoms with E-state index in [4.69, 9.17) is 4.74 Å². The molecule has 0 amide bonds. The molecule has 0 saturated carbocycles. The Morgan fingerprint density at radius 2 is 1.71 bits per heavy atom. The number of thiophene rings is 1. The Kier molecular flexibility index (Phi) is 3.87. The lowest BCUT2D eigenvalue weighted by atomic mass is 10.1. The van der Waals surface area contributed by atoms with Gasteiger partial charge >= 0.3 is 0 Å². The summed E-state index contributed by atoms with van der Waals surface area (Å²) in [6.07, 6.45) is 0. The molecule has 120 valence electrons. The van der Waals surface area contributed by atoms with Gasteiger partial charge in [-0.05, 0) is 37.6 Å². The lowest BCUT2D eigenvalue weighted by Gasteiger charge is -2.09. The first-order chi connectivity index (χ1) is 11.6. The Morgan fingerprint density at radius 1 is 0.958 bits per heavy atom. The molecule has 0 spiro atoms. The minimum absolute atomic E-state index is 0.118. The van der Waals surface area contributed by atoms with Gasteiger partial charge in [0.25, 0.3) is 0 Å². The average molecular weight is 352 g/mol. The van der Waals surface area contributed by atoms with Gasteiger partial charge in [-0.2, -0.15) is 0 Å². The molecule has 0 aliphatic carbocycles. The van der Waals surface area contributed by atoms with Crippen LogP contribution < -0.4 is 10.2 Å². The Bertz CT molecular complexity index is 1110. The van der Waals surface area contributed by atoms with Crippen LogP contribution in [-0.4, -0.2) is 0 Å². The van der Waals surface area contributed by atoms with Crippen LogP contribution in [0.25, 0.3) is 19.5 Å². The molecule has 2 aromatic heterocycles. The lowest BCUT2D eigenvalue weighted by Crippen LogP contribution is -2.05. The maximum atomic E-state index is 13.0. The molecule has 0 saturated heterocycles. The van der Waals surface area contributed by atoms with E-state index in [1.165, 1.54) is 0 Å². The second-order valence-corrected chi connectivity index (χ2v) is 8.32. The van der Waals surface area contributed by atoms with Crippen molar-refractivity contribution in [2.45, 2.75) is 20.5 Å². The molecule has 2 aromatic carbocycles. The summed E-state index contributed by atoms with van der Waals surface area (Å²) in [5.74, 6) is 0.869. The van der Waals surface area contributed by atoms with Gasteiger partial charge in [-0.3, -0.25) is 4.79 Å². The monoisotopic (exact) mass is 352 g/mol. The van der Waals surface area contributed by atoms with Gasteiger partial charge in [-0.25, -0.2) is 0 Å². The SMILES string of the molecule is Cc1ccccc1OCc1c(C)sc2sc3ccccc3c(=O)c12. The summed E-state index contributed by atoms with van der Waals surface area (Å²) in [6.45, 7) is 4.53. The number of hydrogen-bond acceptors (Lipinski definition) is 4. The highest BCUT2D eigenvalue weighted by Gasteiger charge is 2.16. The maximum absolute atomic E-state index is 13.0. The number of para-hydroxylation sites is 1. The van der Waals surface area contributed by atoms with Crippen LogP contribution in [0.2, 0.25) is 0 Å². The maximum Gasteiger partial charge on any atom is 0.197 e. The molecule has 2 heterocycles. The summed E-state index contributed by atoms with van der Waals surface area (Å²) < 4.78 is 8.14. The molecule has 0 radical (unpaired) electrons. The van der Waals surface area contributed by atoms with Crippen molar-refractivity contribution in [1.29, 1.82) is 0 Å². The molecule has 4 heteroatoms. The Labute approximate surface area is 148 Å². The quantitative estimate of drug-likeness (QED) is 0.475. The number of fused-ring (bicyclic) bond motifs is 2. The van der Waals surface area contributed by atoms with E-state index in [1.807, 2.05) is 55.5 Å². The van der Waals surface area contributed by atoms with E-state index in [1.54, 1.807) is 22.7 Å². The molecular formula is C20H16O2S2. The summed E-state index contributed by atoms with van der Waals surface area (Å²) in [4.78, 5) is 14.1. The van der Waals surface area contributed by atoms with Crippen molar-refractivity contribution >= 4 is 42.2 Å². The molecule has 0 unspecified atom stereocenters. The summed E-state index contributed by atoms with van der Waals surface area (Å²) >= 11 is 3.37. The molecular weight excluding hydrogens is 336 g/mol. The molecule has 4 rings (SSSR count). The summed E-state index contributed by atoms with van der Waals surface area (Å²) in [5, 5.41) is 1.62. The van der Waals surface area contributed by atoms with E-state index in [0.717, 1.165) is 41.2 Å². The fraction of sp³-hybridized carbons (Fsp3) is 0.150. The van der Waals surface area contributed by atoms with Crippen LogP contribution in [-0.2, 0) is 6.61 Å². The van der Waals surface area contributed by atoms with Crippen molar-refractivity contribution in [3.63, 3.8) is 0 Å². The third-order valence-electron chi connectivity index (χ3n) is 4.20. The zero-order valence-electron chi connectivity index (χ0n) is 13.5. The van der Waals surface area contributed by atoms with Gasteiger partial charge in [0.15, 0.2) is 5.43 Å². The second-order valence-electron chi connectivity index (χ2n) is 5.78. The zero-order chi connectivity index (χ0) is 16.7. The molecule has 0 fully saturated rings. The smallest absolute Gasteiger partial charge is 0.197 e. The summed E-state index contributed by atoms with van der Waals surface area (Å²) in [5.41, 5.74) is 2.24. The van der Waals surface area contributed by atoms with Crippen molar-refractivity contribution in [2.24, 2.45) is 0 Å². The van der Waals surface area contributed by atoms with Crippen molar-refractivity contribution in [2.75, 3.05) is 0 Å². The van der Waals surface area contributed by atoms with E-state index in [9.17, 15) is 4.79 Å². The van der Waals surface area contributed by atoms with Crippen LogP contribution in [0.3, 0.4) is 0 Å². The first-order valence-electron chi connectivity index (χ1n) is 7.77. The number of hydrogen-bond donors (Lipinski definition) is 0. The van der Waals surface area contributed by atoms with Crippen LogP contribution in [0.5, 0.6) is 5.75 Å². The van der Waals surface area contributed by atoms with Crippen molar-refractivity contribution in [1.82, 2.24) is 0 Å². The van der Waals surface area contributed by atoms with Crippen LogP contribution in [0.15, 0.2) is 53.3 Å². The number of benzene rings is 2. The molecule has 0 atom stereocenters. The normalized spacial score (nSPS) is 11.2. The van der Waals surface area contributed by atoms with E-state index >= 15 is 0 Å². The minimum Gasteiger partial charge on any atom is -0.489 e. The highest BCUT2D eigenvalue weighted by molar-refractivity contribution is 7.40.